The molecular formula is C14H21FN2. The second kappa shape index (κ2) is 5.61. The quantitative estimate of drug-likeness (QED) is 0.873. The van der Waals surface area contributed by atoms with E-state index in [-0.39, 0.29) is 5.82 Å². The Hall–Kier alpha value is -0.930. The van der Waals surface area contributed by atoms with Crippen LogP contribution in [0.5, 0.6) is 0 Å². The molecule has 1 heterocycles. The summed E-state index contributed by atoms with van der Waals surface area (Å²) < 4.78 is 13.5. The van der Waals surface area contributed by atoms with Crippen molar-refractivity contribution in [3.05, 3.63) is 35.1 Å². The number of benzene rings is 1. The third-order valence-electron chi connectivity index (χ3n) is 3.64. The van der Waals surface area contributed by atoms with E-state index in [9.17, 15) is 4.39 Å². The molecule has 1 saturated heterocycles. The number of hydrogen-bond donors (Lipinski definition) is 1. The van der Waals surface area contributed by atoms with Crippen molar-refractivity contribution in [3.63, 3.8) is 0 Å². The maximum atomic E-state index is 13.5. The van der Waals surface area contributed by atoms with Crippen molar-refractivity contribution in [2.45, 2.75) is 38.8 Å². The number of likely N-dealkylation sites (tertiary alicyclic amines) is 1. The Morgan fingerprint density at radius 1 is 1.41 bits per heavy atom. The van der Waals surface area contributed by atoms with Gasteiger partial charge in [0.25, 0.3) is 0 Å². The summed E-state index contributed by atoms with van der Waals surface area (Å²) in [7, 11) is 0. The van der Waals surface area contributed by atoms with Crippen LogP contribution in [0.1, 0.15) is 30.4 Å². The predicted molar refractivity (Wildman–Crippen MR) is 68.2 cm³/mol. The Balaban J connectivity index is 2.05. The number of aryl methyl sites for hydroxylation is 1. The zero-order valence-electron chi connectivity index (χ0n) is 10.5. The first-order valence-electron chi connectivity index (χ1n) is 6.40. The van der Waals surface area contributed by atoms with E-state index in [1.54, 1.807) is 13.0 Å². The van der Waals surface area contributed by atoms with Gasteiger partial charge >= 0.3 is 0 Å². The fraction of sp³-hybridized carbons (Fsp3) is 0.571. The van der Waals surface area contributed by atoms with E-state index in [4.69, 9.17) is 5.73 Å². The number of halogens is 1. The van der Waals surface area contributed by atoms with Crippen LogP contribution in [0.4, 0.5) is 4.39 Å². The monoisotopic (exact) mass is 236 g/mol. The van der Waals surface area contributed by atoms with Gasteiger partial charge in [-0.1, -0.05) is 18.6 Å². The zero-order valence-corrected chi connectivity index (χ0v) is 10.5. The molecule has 1 fully saturated rings. The van der Waals surface area contributed by atoms with Crippen LogP contribution in [0.15, 0.2) is 18.2 Å². The molecule has 0 saturated carbocycles. The first-order valence-corrected chi connectivity index (χ1v) is 6.40. The van der Waals surface area contributed by atoms with E-state index in [0.29, 0.717) is 18.2 Å². The summed E-state index contributed by atoms with van der Waals surface area (Å²) in [5, 5.41) is 0. The van der Waals surface area contributed by atoms with Gasteiger partial charge in [-0.05, 0) is 43.5 Å². The third kappa shape index (κ3) is 3.05. The second-order valence-electron chi connectivity index (χ2n) is 4.94. The normalized spacial score (nSPS) is 21.7. The molecule has 1 aliphatic rings. The molecule has 0 bridgehead atoms. The van der Waals surface area contributed by atoms with Crippen molar-refractivity contribution in [3.8, 4) is 0 Å². The van der Waals surface area contributed by atoms with E-state index in [1.807, 2.05) is 12.1 Å². The predicted octanol–water partition coefficient (Wildman–Crippen LogP) is 2.45. The van der Waals surface area contributed by atoms with Crippen molar-refractivity contribution in [1.82, 2.24) is 4.90 Å². The Kier molecular flexibility index (Phi) is 4.13. The summed E-state index contributed by atoms with van der Waals surface area (Å²) in [5.74, 6) is -0.108. The number of piperidine rings is 1. The molecule has 1 aliphatic heterocycles. The fourth-order valence-corrected chi connectivity index (χ4v) is 2.50. The van der Waals surface area contributed by atoms with Gasteiger partial charge in [0.15, 0.2) is 0 Å². The van der Waals surface area contributed by atoms with Gasteiger partial charge in [-0.15, -0.1) is 0 Å². The molecule has 3 heteroatoms. The van der Waals surface area contributed by atoms with E-state index in [0.717, 1.165) is 18.7 Å². The molecule has 0 spiro atoms. The lowest BCUT2D eigenvalue weighted by Gasteiger charge is -2.35. The Labute approximate surface area is 103 Å². The topological polar surface area (TPSA) is 29.3 Å². The van der Waals surface area contributed by atoms with Crippen molar-refractivity contribution >= 4 is 0 Å². The maximum Gasteiger partial charge on any atom is 0.126 e. The van der Waals surface area contributed by atoms with Gasteiger partial charge in [-0.25, -0.2) is 4.39 Å². The minimum atomic E-state index is -0.108. The number of nitrogens with two attached hydrogens (primary N) is 1. The number of rotatable bonds is 3. The van der Waals surface area contributed by atoms with Crippen LogP contribution < -0.4 is 5.73 Å². The molecule has 1 atom stereocenters. The van der Waals surface area contributed by atoms with Gasteiger partial charge in [-0.3, -0.25) is 4.90 Å². The molecule has 0 aliphatic carbocycles. The van der Waals surface area contributed by atoms with Gasteiger partial charge in [0.2, 0.25) is 0 Å². The molecule has 2 rings (SSSR count). The molecule has 94 valence electrons. The highest BCUT2D eigenvalue weighted by Crippen LogP contribution is 2.19. The Morgan fingerprint density at radius 2 is 2.24 bits per heavy atom. The summed E-state index contributed by atoms with van der Waals surface area (Å²) in [6, 6.07) is 5.98. The second-order valence-corrected chi connectivity index (χ2v) is 4.94. The van der Waals surface area contributed by atoms with Gasteiger partial charge in [0.05, 0.1) is 0 Å². The molecule has 2 N–H and O–H groups in total. The molecule has 1 aromatic carbocycles. The molecule has 1 aromatic rings. The highest BCUT2D eigenvalue weighted by molar-refractivity contribution is 5.23. The van der Waals surface area contributed by atoms with E-state index < -0.39 is 0 Å². The van der Waals surface area contributed by atoms with Crippen LogP contribution in [-0.2, 0) is 6.54 Å². The SMILES string of the molecule is Cc1ccc(CN2CCCCC2CN)cc1F. The fourth-order valence-electron chi connectivity index (χ4n) is 2.50. The lowest BCUT2D eigenvalue weighted by atomic mass is 10.0. The third-order valence-corrected chi connectivity index (χ3v) is 3.64. The van der Waals surface area contributed by atoms with Crippen molar-refractivity contribution < 1.29 is 4.39 Å². The first-order chi connectivity index (χ1) is 8.20. The van der Waals surface area contributed by atoms with Gasteiger partial charge in [-0.2, -0.15) is 0 Å². The molecule has 17 heavy (non-hydrogen) atoms. The largest absolute Gasteiger partial charge is 0.329 e. The van der Waals surface area contributed by atoms with Gasteiger partial charge in [0, 0.05) is 19.1 Å². The zero-order chi connectivity index (χ0) is 12.3. The van der Waals surface area contributed by atoms with E-state index >= 15 is 0 Å². The molecule has 2 nitrogen and oxygen atoms in total. The highest BCUT2D eigenvalue weighted by Gasteiger charge is 2.20. The average Bonchev–Trinajstić information content (AvgIpc) is 2.34. The summed E-state index contributed by atoms with van der Waals surface area (Å²) in [5.41, 5.74) is 7.55. The average molecular weight is 236 g/mol. The molecule has 1 unspecified atom stereocenters. The van der Waals surface area contributed by atoms with Crippen molar-refractivity contribution in [1.29, 1.82) is 0 Å². The Morgan fingerprint density at radius 3 is 2.94 bits per heavy atom. The minimum absolute atomic E-state index is 0.108. The molecule has 0 aromatic heterocycles. The van der Waals surface area contributed by atoms with E-state index in [2.05, 4.69) is 4.90 Å². The molecule has 0 radical (unpaired) electrons. The molecule has 0 amide bonds. The van der Waals surface area contributed by atoms with E-state index in [1.165, 1.54) is 19.3 Å². The standard InChI is InChI=1S/C14H21FN2/c1-11-5-6-12(8-14(11)15)10-17-7-3-2-4-13(17)9-16/h5-6,8,13H,2-4,7,9-10,16H2,1H3. The van der Waals surface area contributed by atoms with Crippen LogP contribution in [0.2, 0.25) is 0 Å². The molecular weight excluding hydrogens is 215 g/mol. The first kappa shape index (κ1) is 12.5. The Bertz CT molecular complexity index is 378. The summed E-state index contributed by atoms with van der Waals surface area (Å²) >= 11 is 0. The number of nitrogens with zero attached hydrogens (tertiary/aromatic N) is 1. The smallest absolute Gasteiger partial charge is 0.126 e. The maximum absolute atomic E-state index is 13.5. The van der Waals surface area contributed by atoms with Crippen molar-refractivity contribution in [2.24, 2.45) is 5.73 Å². The van der Waals surface area contributed by atoms with Crippen LogP contribution in [0.3, 0.4) is 0 Å². The van der Waals surface area contributed by atoms with Gasteiger partial charge < -0.3 is 5.73 Å². The van der Waals surface area contributed by atoms with Crippen molar-refractivity contribution in [2.75, 3.05) is 13.1 Å². The lowest BCUT2D eigenvalue weighted by Crippen LogP contribution is -2.43. The van der Waals surface area contributed by atoms with Crippen LogP contribution >= 0.6 is 0 Å². The summed E-state index contributed by atoms with van der Waals surface area (Å²) in [6.45, 7) is 4.40. The number of hydrogen-bond acceptors (Lipinski definition) is 2. The highest BCUT2D eigenvalue weighted by atomic mass is 19.1. The van der Waals surface area contributed by atoms with Crippen LogP contribution in [0, 0.1) is 12.7 Å². The summed E-state index contributed by atoms with van der Waals surface area (Å²) in [6.07, 6.45) is 3.66. The van der Waals surface area contributed by atoms with Gasteiger partial charge in [0.1, 0.15) is 5.82 Å². The van der Waals surface area contributed by atoms with Crippen LogP contribution in [0.25, 0.3) is 0 Å². The lowest BCUT2D eigenvalue weighted by molar-refractivity contribution is 0.144. The van der Waals surface area contributed by atoms with Crippen LogP contribution in [-0.4, -0.2) is 24.0 Å². The summed E-state index contributed by atoms with van der Waals surface area (Å²) in [4.78, 5) is 2.38. The minimum Gasteiger partial charge on any atom is -0.329 e.